The van der Waals surface area contributed by atoms with Gasteiger partial charge < -0.3 is 14.4 Å². The van der Waals surface area contributed by atoms with E-state index in [1.807, 2.05) is 19.1 Å². The Morgan fingerprint density at radius 2 is 1.72 bits per heavy atom. The van der Waals surface area contributed by atoms with Crippen LogP contribution in [0.4, 0.5) is 5.69 Å². The number of nitrogens with one attached hydrogen (secondary N) is 1. The minimum atomic E-state index is -3.82. The van der Waals surface area contributed by atoms with Crippen molar-refractivity contribution in [2.75, 3.05) is 25.7 Å². The zero-order chi connectivity index (χ0) is 22.9. The van der Waals surface area contributed by atoms with Gasteiger partial charge in [0, 0.05) is 18.2 Å². The number of amides is 1. The van der Waals surface area contributed by atoms with E-state index in [1.165, 1.54) is 13.2 Å². The molecule has 0 aromatic heterocycles. The van der Waals surface area contributed by atoms with Crippen molar-refractivity contribution in [2.45, 2.75) is 56.4 Å². The van der Waals surface area contributed by atoms with Crippen molar-refractivity contribution in [3.8, 4) is 11.5 Å². The highest BCUT2D eigenvalue weighted by molar-refractivity contribution is 7.89. The molecule has 8 heteroatoms. The molecule has 2 aromatic rings. The van der Waals surface area contributed by atoms with Gasteiger partial charge in [0.25, 0.3) is 5.91 Å². The van der Waals surface area contributed by atoms with Crippen molar-refractivity contribution in [1.82, 2.24) is 4.72 Å². The smallest absolute Gasteiger partial charge is 0.258 e. The fraction of sp³-hybridized carbons (Fsp3) is 0.458. The van der Waals surface area contributed by atoms with Crippen molar-refractivity contribution in [2.24, 2.45) is 0 Å². The van der Waals surface area contributed by atoms with E-state index in [0.717, 1.165) is 55.3 Å². The molecule has 0 saturated heterocycles. The predicted octanol–water partition coefficient (Wildman–Crippen LogP) is 3.83. The number of rotatable bonds is 6. The average Bonchev–Trinajstić information content (AvgIpc) is 3.30. The molecule has 172 valence electrons. The summed E-state index contributed by atoms with van der Waals surface area (Å²) in [7, 11) is -0.801. The number of hydrogen-bond donors (Lipinski definition) is 1. The number of aryl methyl sites for hydroxylation is 1. The summed E-state index contributed by atoms with van der Waals surface area (Å²) in [4.78, 5) is 15.3. The highest BCUT2D eigenvalue weighted by atomic mass is 32.2. The van der Waals surface area contributed by atoms with Crippen LogP contribution < -0.4 is 19.1 Å². The van der Waals surface area contributed by atoms with E-state index >= 15 is 0 Å². The lowest BCUT2D eigenvalue weighted by Crippen LogP contribution is -2.36. The molecule has 1 N–H and O–H groups in total. The lowest BCUT2D eigenvalue weighted by Gasteiger charge is -2.32. The predicted molar refractivity (Wildman–Crippen MR) is 123 cm³/mol. The number of ether oxygens (including phenoxy) is 2. The first kappa shape index (κ1) is 22.6. The van der Waals surface area contributed by atoms with Crippen molar-refractivity contribution in [1.29, 1.82) is 0 Å². The second kappa shape index (κ2) is 9.11. The van der Waals surface area contributed by atoms with Crippen LogP contribution in [0.2, 0.25) is 0 Å². The molecule has 0 atom stereocenters. The zero-order valence-corrected chi connectivity index (χ0v) is 19.6. The largest absolute Gasteiger partial charge is 0.495 e. The molecule has 4 rings (SSSR count). The number of sulfonamides is 1. The Hall–Kier alpha value is -2.58. The lowest BCUT2D eigenvalue weighted by atomic mass is 9.95. The van der Waals surface area contributed by atoms with Crippen LogP contribution in [0.25, 0.3) is 0 Å². The van der Waals surface area contributed by atoms with Crippen molar-refractivity contribution >= 4 is 21.6 Å². The summed E-state index contributed by atoms with van der Waals surface area (Å²) in [5, 5.41) is 0. The molecule has 0 unspecified atom stereocenters. The zero-order valence-electron chi connectivity index (χ0n) is 18.8. The monoisotopic (exact) mass is 458 g/mol. The molecular weight excluding hydrogens is 428 g/mol. The van der Waals surface area contributed by atoms with Crippen LogP contribution in [-0.2, 0) is 16.4 Å². The Morgan fingerprint density at radius 1 is 1.03 bits per heavy atom. The van der Waals surface area contributed by atoms with E-state index < -0.39 is 10.0 Å². The van der Waals surface area contributed by atoms with Gasteiger partial charge in [-0.1, -0.05) is 18.9 Å². The summed E-state index contributed by atoms with van der Waals surface area (Å²) in [6, 6.07) is 8.38. The van der Waals surface area contributed by atoms with Crippen LogP contribution >= 0.6 is 0 Å². The number of anilines is 1. The van der Waals surface area contributed by atoms with Crippen molar-refractivity contribution < 1.29 is 22.7 Å². The Morgan fingerprint density at radius 3 is 2.41 bits per heavy atom. The van der Waals surface area contributed by atoms with E-state index in [4.69, 9.17) is 9.47 Å². The Labute approximate surface area is 189 Å². The van der Waals surface area contributed by atoms with Crippen LogP contribution in [0.15, 0.2) is 35.2 Å². The third-order valence-electron chi connectivity index (χ3n) is 6.40. The molecule has 0 radical (unpaired) electrons. The Bertz CT molecular complexity index is 1120. The number of nitrogens with zero attached hydrogens (tertiary/aromatic N) is 1. The summed E-state index contributed by atoms with van der Waals surface area (Å²) < 4.78 is 39.9. The van der Waals surface area contributed by atoms with E-state index in [1.54, 1.807) is 24.1 Å². The summed E-state index contributed by atoms with van der Waals surface area (Å²) in [5.41, 5.74) is 3.27. The van der Waals surface area contributed by atoms with E-state index in [-0.39, 0.29) is 22.6 Å². The van der Waals surface area contributed by atoms with Crippen molar-refractivity contribution in [3.63, 3.8) is 0 Å². The molecule has 0 spiro atoms. The first-order chi connectivity index (χ1) is 15.4. The average molecular weight is 459 g/mol. The van der Waals surface area contributed by atoms with Crippen LogP contribution in [-0.4, -0.2) is 41.1 Å². The van der Waals surface area contributed by atoms with Gasteiger partial charge in [-0.05, 0) is 68.0 Å². The molecule has 2 aliphatic rings. The first-order valence-corrected chi connectivity index (χ1v) is 12.5. The summed E-state index contributed by atoms with van der Waals surface area (Å²) in [6.07, 6.45) is 5.37. The molecule has 1 aliphatic carbocycles. The van der Waals surface area contributed by atoms with Gasteiger partial charge in [-0.15, -0.1) is 0 Å². The fourth-order valence-electron chi connectivity index (χ4n) is 4.72. The minimum Gasteiger partial charge on any atom is -0.495 e. The number of carbonyl (C=O) groups is 1. The normalized spacial score (nSPS) is 16.7. The SMILES string of the molecule is COc1ccc(C(=O)N2CCCc3c(C)ccc(OC)c32)cc1S(=O)(=O)NC1CCCC1. The van der Waals surface area contributed by atoms with Gasteiger partial charge in [-0.25, -0.2) is 13.1 Å². The lowest BCUT2D eigenvalue weighted by molar-refractivity contribution is 0.0984. The van der Waals surface area contributed by atoms with Gasteiger partial charge in [0.2, 0.25) is 10.0 Å². The second-order valence-corrected chi connectivity index (χ2v) is 10.1. The third-order valence-corrected chi connectivity index (χ3v) is 7.94. The maximum Gasteiger partial charge on any atom is 0.258 e. The molecule has 0 bridgehead atoms. The second-order valence-electron chi connectivity index (χ2n) is 8.44. The van der Waals surface area contributed by atoms with Crippen molar-refractivity contribution in [3.05, 3.63) is 47.0 Å². The molecule has 1 saturated carbocycles. The Balaban J connectivity index is 1.72. The summed E-state index contributed by atoms with van der Waals surface area (Å²) >= 11 is 0. The summed E-state index contributed by atoms with van der Waals surface area (Å²) in [6.45, 7) is 2.57. The number of carbonyl (C=O) groups excluding carboxylic acids is 1. The van der Waals surface area contributed by atoms with E-state index in [9.17, 15) is 13.2 Å². The topological polar surface area (TPSA) is 84.9 Å². The first-order valence-electron chi connectivity index (χ1n) is 11.0. The van der Waals surface area contributed by atoms with Gasteiger partial charge in [0.05, 0.1) is 19.9 Å². The number of hydrogen-bond acceptors (Lipinski definition) is 5. The number of benzene rings is 2. The minimum absolute atomic E-state index is 0.00816. The van der Waals surface area contributed by atoms with E-state index in [0.29, 0.717) is 17.9 Å². The van der Waals surface area contributed by atoms with Gasteiger partial charge in [-0.3, -0.25) is 4.79 Å². The maximum atomic E-state index is 13.6. The van der Waals surface area contributed by atoms with Crippen LogP contribution in [0.3, 0.4) is 0 Å². The van der Waals surface area contributed by atoms with E-state index in [2.05, 4.69) is 4.72 Å². The molecule has 32 heavy (non-hydrogen) atoms. The molecular formula is C24H30N2O5S. The maximum absolute atomic E-state index is 13.6. The van der Waals surface area contributed by atoms with Crippen LogP contribution in [0.1, 0.15) is 53.6 Å². The molecule has 1 aliphatic heterocycles. The van der Waals surface area contributed by atoms with Gasteiger partial charge in [-0.2, -0.15) is 0 Å². The molecule has 1 fully saturated rings. The number of fused-ring (bicyclic) bond motifs is 1. The molecule has 1 heterocycles. The standard InChI is InChI=1S/C24H30N2O5S/c1-16-10-12-21(31-3)23-19(16)9-6-14-26(23)24(27)17-11-13-20(30-2)22(15-17)32(28,29)25-18-7-4-5-8-18/h10-13,15,18,25H,4-9,14H2,1-3H3. The van der Waals surface area contributed by atoms with Crippen LogP contribution in [0, 0.1) is 6.92 Å². The molecule has 1 amide bonds. The summed E-state index contributed by atoms with van der Waals surface area (Å²) in [5.74, 6) is 0.609. The molecule has 7 nitrogen and oxygen atoms in total. The highest BCUT2D eigenvalue weighted by Gasteiger charge is 2.31. The van der Waals surface area contributed by atoms with Crippen LogP contribution in [0.5, 0.6) is 11.5 Å². The van der Waals surface area contributed by atoms with Gasteiger partial charge >= 0.3 is 0 Å². The quantitative estimate of drug-likeness (QED) is 0.711. The van der Waals surface area contributed by atoms with Gasteiger partial charge in [0.1, 0.15) is 16.4 Å². The fourth-order valence-corrected chi connectivity index (χ4v) is 6.22. The van der Waals surface area contributed by atoms with Gasteiger partial charge in [0.15, 0.2) is 0 Å². The number of methoxy groups -OCH3 is 2. The molecule has 2 aromatic carbocycles. The third kappa shape index (κ3) is 4.21. The highest BCUT2D eigenvalue weighted by Crippen LogP contribution is 2.39. The Kier molecular flexibility index (Phi) is 6.44.